The highest BCUT2D eigenvalue weighted by Crippen LogP contribution is 2.57. The molecular formula is C17H20N2. The van der Waals surface area contributed by atoms with Crippen LogP contribution in [0, 0.1) is 5.92 Å². The molecule has 4 aliphatic rings. The van der Waals surface area contributed by atoms with Crippen molar-refractivity contribution in [3.63, 3.8) is 0 Å². The molecule has 1 aliphatic carbocycles. The highest BCUT2D eigenvalue weighted by molar-refractivity contribution is 6.03. The summed E-state index contributed by atoms with van der Waals surface area (Å²) in [4.78, 5) is 7.81. The van der Waals surface area contributed by atoms with Crippen molar-refractivity contribution in [2.75, 3.05) is 13.1 Å². The van der Waals surface area contributed by atoms with Gasteiger partial charge >= 0.3 is 0 Å². The Morgan fingerprint density at radius 2 is 2.11 bits per heavy atom. The van der Waals surface area contributed by atoms with Gasteiger partial charge in [-0.05, 0) is 62.7 Å². The van der Waals surface area contributed by atoms with Gasteiger partial charge in [-0.3, -0.25) is 9.89 Å². The third-order valence-electron chi connectivity index (χ3n) is 6.07. The second-order valence-electron chi connectivity index (χ2n) is 6.72. The van der Waals surface area contributed by atoms with Crippen molar-refractivity contribution in [3.8, 4) is 0 Å². The fraction of sp³-hybridized carbons (Fsp3) is 0.588. The van der Waals surface area contributed by atoms with Crippen LogP contribution in [-0.4, -0.2) is 29.7 Å². The summed E-state index contributed by atoms with van der Waals surface area (Å²) in [5.74, 6) is 0.918. The van der Waals surface area contributed by atoms with E-state index in [1.165, 1.54) is 56.6 Å². The molecule has 3 atom stereocenters. The molecule has 2 saturated heterocycles. The molecule has 2 heteroatoms. The lowest BCUT2D eigenvalue weighted by atomic mass is 9.60. The van der Waals surface area contributed by atoms with Crippen molar-refractivity contribution in [1.29, 1.82) is 0 Å². The monoisotopic (exact) mass is 252 g/mol. The van der Waals surface area contributed by atoms with E-state index in [0.29, 0.717) is 5.41 Å². The number of hydrogen-bond acceptors (Lipinski definition) is 2. The molecule has 1 saturated carbocycles. The van der Waals surface area contributed by atoms with E-state index in [1.54, 1.807) is 5.56 Å². The molecule has 3 heterocycles. The van der Waals surface area contributed by atoms with Crippen molar-refractivity contribution < 1.29 is 0 Å². The van der Waals surface area contributed by atoms with Crippen LogP contribution in [0.15, 0.2) is 29.3 Å². The Morgan fingerprint density at radius 3 is 3.11 bits per heavy atom. The van der Waals surface area contributed by atoms with Gasteiger partial charge < -0.3 is 0 Å². The van der Waals surface area contributed by atoms with Crippen LogP contribution in [0.4, 0.5) is 5.69 Å². The summed E-state index contributed by atoms with van der Waals surface area (Å²) >= 11 is 0. The summed E-state index contributed by atoms with van der Waals surface area (Å²) in [6.45, 7) is 2.60. The predicted octanol–water partition coefficient (Wildman–Crippen LogP) is 3.29. The van der Waals surface area contributed by atoms with E-state index >= 15 is 0 Å². The third-order valence-corrected chi connectivity index (χ3v) is 6.07. The minimum Gasteiger partial charge on any atom is -0.299 e. The van der Waals surface area contributed by atoms with E-state index in [4.69, 9.17) is 4.99 Å². The Bertz CT molecular complexity index is 576. The molecule has 0 bridgehead atoms. The first-order chi connectivity index (χ1) is 9.39. The molecule has 0 N–H and O–H groups in total. The molecular weight excluding hydrogens is 232 g/mol. The molecule has 3 fully saturated rings. The van der Waals surface area contributed by atoms with Crippen molar-refractivity contribution in [3.05, 3.63) is 29.8 Å². The molecule has 1 aromatic rings. The molecule has 0 unspecified atom stereocenters. The lowest BCUT2D eigenvalue weighted by Gasteiger charge is -2.48. The fourth-order valence-corrected chi connectivity index (χ4v) is 5.45. The highest BCUT2D eigenvalue weighted by Gasteiger charge is 2.59. The second-order valence-corrected chi connectivity index (χ2v) is 6.72. The molecule has 1 spiro atoms. The molecule has 0 radical (unpaired) electrons. The van der Waals surface area contributed by atoms with Crippen molar-refractivity contribution in [1.82, 2.24) is 4.90 Å². The van der Waals surface area contributed by atoms with Crippen molar-refractivity contribution >= 4 is 11.4 Å². The number of aliphatic imine (C=N–C) groups is 1. The zero-order valence-corrected chi connectivity index (χ0v) is 11.3. The van der Waals surface area contributed by atoms with Crippen LogP contribution in [0.5, 0.6) is 0 Å². The van der Waals surface area contributed by atoms with Crippen molar-refractivity contribution in [2.45, 2.75) is 43.6 Å². The van der Waals surface area contributed by atoms with Crippen LogP contribution >= 0.6 is 0 Å². The van der Waals surface area contributed by atoms with Gasteiger partial charge in [-0.1, -0.05) is 18.2 Å². The molecule has 3 aliphatic heterocycles. The van der Waals surface area contributed by atoms with Gasteiger partial charge in [0, 0.05) is 11.8 Å². The van der Waals surface area contributed by atoms with E-state index in [0.717, 1.165) is 12.0 Å². The average Bonchev–Trinajstić information content (AvgIpc) is 3.00. The number of benzene rings is 1. The maximum Gasteiger partial charge on any atom is 0.0671 e. The Labute approximate surface area is 114 Å². The number of rotatable bonds is 0. The van der Waals surface area contributed by atoms with Gasteiger partial charge in [-0.25, -0.2) is 0 Å². The number of piperidine rings is 1. The Balaban J connectivity index is 1.74. The summed E-state index contributed by atoms with van der Waals surface area (Å²) in [6.07, 6.45) is 6.77. The molecule has 19 heavy (non-hydrogen) atoms. The van der Waals surface area contributed by atoms with Crippen LogP contribution < -0.4 is 0 Å². The normalized spacial score (nSPS) is 39.5. The van der Waals surface area contributed by atoms with Crippen LogP contribution in [0.2, 0.25) is 0 Å². The van der Waals surface area contributed by atoms with Gasteiger partial charge in [0.15, 0.2) is 0 Å². The lowest BCUT2D eigenvalue weighted by molar-refractivity contribution is 0.0983. The summed E-state index contributed by atoms with van der Waals surface area (Å²) in [6, 6.07) is 9.68. The Morgan fingerprint density at radius 1 is 1.16 bits per heavy atom. The number of hydrogen-bond donors (Lipinski definition) is 0. The van der Waals surface area contributed by atoms with Gasteiger partial charge in [0.2, 0.25) is 0 Å². The van der Waals surface area contributed by atoms with Crippen LogP contribution in [-0.2, 0) is 5.41 Å². The Hall–Kier alpha value is -1.15. The molecule has 0 amide bonds. The van der Waals surface area contributed by atoms with Gasteiger partial charge in [0.05, 0.1) is 11.1 Å². The maximum atomic E-state index is 5.02. The quantitative estimate of drug-likeness (QED) is 0.692. The van der Waals surface area contributed by atoms with Gasteiger partial charge in [-0.15, -0.1) is 0 Å². The van der Waals surface area contributed by atoms with E-state index in [2.05, 4.69) is 29.2 Å². The van der Waals surface area contributed by atoms with Crippen LogP contribution in [0.1, 0.15) is 37.7 Å². The minimum atomic E-state index is 0.305. The van der Waals surface area contributed by atoms with E-state index in [1.807, 2.05) is 0 Å². The third kappa shape index (κ3) is 1.15. The van der Waals surface area contributed by atoms with Crippen LogP contribution in [0.25, 0.3) is 0 Å². The number of para-hydroxylation sites is 1. The van der Waals surface area contributed by atoms with E-state index in [-0.39, 0.29) is 0 Å². The standard InChI is InChI=1S/C17H20N2/c1-2-6-14-13(5-1)17-9-11-19-10-3-4-12(16(17)19)7-8-15(17)18-14/h1-2,5-6,12,16H,3-4,7-11H2/t12-,16-,17-/m0/s1. The zero-order valence-electron chi connectivity index (χ0n) is 11.3. The topological polar surface area (TPSA) is 15.6 Å². The fourth-order valence-electron chi connectivity index (χ4n) is 5.45. The molecule has 98 valence electrons. The smallest absolute Gasteiger partial charge is 0.0671 e. The van der Waals surface area contributed by atoms with Crippen LogP contribution in [0.3, 0.4) is 0 Å². The molecule has 2 nitrogen and oxygen atoms in total. The molecule has 5 rings (SSSR count). The summed E-state index contributed by atoms with van der Waals surface area (Å²) < 4.78 is 0. The van der Waals surface area contributed by atoms with E-state index in [9.17, 15) is 0 Å². The number of fused-ring (bicyclic) bond motifs is 1. The largest absolute Gasteiger partial charge is 0.299 e. The minimum absolute atomic E-state index is 0.305. The first-order valence-electron chi connectivity index (χ1n) is 7.81. The predicted molar refractivity (Wildman–Crippen MR) is 77.2 cm³/mol. The summed E-state index contributed by atoms with van der Waals surface area (Å²) in [5, 5.41) is 0. The second kappa shape index (κ2) is 3.49. The highest BCUT2D eigenvalue weighted by atomic mass is 15.2. The summed E-state index contributed by atoms with van der Waals surface area (Å²) in [5.41, 5.74) is 4.63. The first-order valence-corrected chi connectivity index (χ1v) is 7.81. The van der Waals surface area contributed by atoms with Gasteiger partial charge in [0.1, 0.15) is 0 Å². The maximum absolute atomic E-state index is 5.02. The SMILES string of the molecule is c1ccc2c(c1)N=C1CC[C@@H]3CCCN4CC[C@@]12[C@H]34. The van der Waals surface area contributed by atoms with E-state index < -0.39 is 0 Å². The van der Waals surface area contributed by atoms with Gasteiger partial charge in [0.25, 0.3) is 0 Å². The first kappa shape index (κ1) is 10.6. The number of nitrogens with zero attached hydrogens (tertiary/aromatic N) is 2. The molecule has 0 aromatic heterocycles. The molecule has 1 aromatic carbocycles. The van der Waals surface area contributed by atoms with Crippen molar-refractivity contribution in [2.24, 2.45) is 10.9 Å². The Kier molecular flexibility index (Phi) is 1.95. The lowest BCUT2D eigenvalue weighted by Crippen LogP contribution is -2.55. The zero-order chi connectivity index (χ0) is 12.4. The van der Waals surface area contributed by atoms with Gasteiger partial charge in [-0.2, -0.15) is 0 Å². The average molecular weight is 252 g/mol. The summed E-state index contributed by atoms with van der Waals surface area (Å²) in [7, 11) is 0.